The number of piperidine rings is 1. The standard InChI is InChI=1S/C26H22F3N3O2/c27-26(28,29)34-22-6-4-20(5-7-22)23-8-9-24(33)32-15-19-11-21(25(23)32)16-31(14-19)13-18-3-1-2-17(10-18)12-30/h1-10,19,21H,11,13-16H2/p+1/t19-,21+/m0/s1. The first-order valence-electron chi connectivity index (χ1n) is 11.2. The molecule has 0 saturated carbocycles. The summed E-state index contributed by atoms with van der Waals surface area (Å²) >= 11 is 0. The Morgan fingerprint density at radius 3 is 2.62 bits per heavy atom. The Bertz CT molecular complexity index is 1310. The average molecular weight is 466 g/mol. The number of nitrogens with one attached hydrogen (secondary N) is 1. The van der Waals surface area contributed by atoms with Crippen LogP contribution in [0.4, 0.5) is 13.2 Å². The van der Waals surface area contributed by atoms with E-state index in [9.17, 15) is 23.2 Å². The summed E-state index contributed by atoms with van der Waals surface area (Å²) in [6.07, 6.45) is -3.76. The van der Waals surface area contributed by atoms with Gasteiger partial charge in [-0.05, 0) is 42.3 Å². The average Bonchev–Trinajstić information content (AvgIpc) is 2.79. The molecule has 3 atom stereocenters. The maximum Gasteiger partial charge on any atom is 0.573 e. The third-order valence-electron chi connectivity index (χ3n) is 6.69. The summed E-state index contributed by atoms with van der Waals surface area (Å²) in [4.78, 5) is 14.1. The highest BCUT2D eigenvalue weighted by Crippen LogP contribution is 2.37. The number of fused-ring (bicyclic) bond motifs is 4. The van der Waals surface area contributed by atoms with Gasteiger partial charge in [-0.2, -0.15) is 5.26 Å². The Morgan fingerprint density at radius 1 is 1.09 bits per heavy atom. The van der Waals surface area contributed by atoms with Crippen LogP contribution in [0.25, 0.3) is 11.1 Å². The maximum absolute atomic E-state index is 12.7. The van der Waals surface area contributed by atoms with Gasteiger partial charge >= 0.3 is 6.36 Å². The predicted octanol–water partition coefficient (Wildman–Crippen LogP) is 3.49. The van der Waals surface area contributed by atoms with Crippen LogP contribution in [0.2, 0.25) is 0 Å². The van der Waals surface area contributed by atoms with Crippen LogP contribution in [0.5, 0.6) is 5.75 Å². The van der Waals surface area contributed by atoms with Crippen molar-refractivity contribution in [2.45, 2.75) is 31.8 Å². The highest BCUT2D eigenvalue weighted by atomic mass is 19.4. The molecule has 174 valence electrons. The van der Waals surface area contributed by atoms with Crippen LogP contribution >= 0.6 is 0 Å². The highest BCUT2D eigenvalue weighted by molar-refractivity contribution is 5.67. The summed E-state index contributed by atoms with van der Waals surface area (Å²) in [6.45, 7) is 3.24. The number of rotatable bonds is 4. The minimum absolute atomic E-state index is 0.0457. The largest absolute Gasteiger partial charge is 0.573 e. The number of benzene rings is 2. The number of halogens is 3. The molecule has 0 spiro atoms. The van der Waals surface area contributed by atoms with Gasteiger partial charge in [0.1, 0.15) is 12.3 Å². The second-order valence-electron chi connectivity index (χ2n) is 9.10. The Kier molecular flexibility index (Phi) is 5.66. The van der Waals surface area contributed by atoms with Crippen molar-refractivity contribution in [1.82, 2.24) is 4.57 Å². The molecule has 1 fully saturated rings. The van der Waals surface area contributed by atoms with Crippen molar-refractivity contribution >= 4 is 0 Å². The molecule has 8 heteroatoms. The van der Waals surface area contributed by atoms with Crippen LogP contribution in [0, 0.1) is 17.2 Å². The molecule has 2 aliphatic heterocycles. The number of nitrogens with zero attached hydrogens (tertiary/aromatic N) is 2. The molecule has 3 aromatic rings. The van der Waals surface area contributed by atoms with E-state index in [1.165, 1.54) is 23.1 Å². The van der Waals surface area contributed by atoms with Gasteiger partial charge in [-0.25, -0.2) is 0 Å². The molecule has 5 rings (SSSR count). The molecule has 5 nitrogen and oxygen atoms in total. The Hall–Kier alpha value is -3.57. The summed E-state index contributed by atoms with van der Waals surface area (Å²) < 4.78 is 43.4. The van der Waals surface area contributed by atoms with E-state index in [2.05, 4.69) is 10.8 Å². The minimum atomic E-state index is -4.74. The maximum atomic E-state index is 12.7. The third kappa shape index (κ3) is 4.57. The number of alkyl halides is 3. The van der Waals surface area contributed by atoms with Crippen LogP contribution in [-0.2, 0) is 13.1 Å². The number of ether oxygens (including phenoxy) is 1. The molecular weight excluding hydrogens is 443 g/mol. The van der Waals surface area contributed by atoms with Gasteiger partial charge in [0.25, 0.3) is 5.56 Å². The molecule has 2 aromatic carbocycles. The van der Waals surface area contributed by atoms with Crippen molar-refractivity contribution in [3.05, 3.63) is 87.8 Å². The van der Waals surface area contributed by atoms with Gasteiger partial charge in [0.05, 0.1) is 24.7 Å². The molecule has 34 heavy (non-hydrogen) atoms. The molecule has 3 heterocycles. The fourth-order valence-corrected chi connectivity index (χ4v) is 5.50. The third-order valence-corrected chi connectivity index (χ3v) is 6.69. The van der Waals surface area contributed by atoms with Crippen LogP contribution in [0.3, 0.4) is 0 Å². The second kappa shape index (κ2) is 8.65. The first-order chi connectivity index (χ1) is 16.3. The van der Waals surface area contributed by atoms with Crippen molar-refractivity contribution in [2.75, 3.05) is 13.1 Å². The molecule has 1 aromatic heterocycles. The molecule has 2 bridgehead atoms. The van der Waals surface area contributed by atoms with Crippen LogP contribution in [-0.4, -0.2) is 24.0 Å². The first-order valence-corrected chi connectivity index (χ1v) is 11.2. The number of aromatic nitrogens is 1. The van der Waals surface area contributed by atoms with E-state index in [0.717, 1.165) is 48.4 Å². The van der Waals surface area contributed by atoms with Crippen molar-refractivity contribution in [3.63, 3.8) is 0 Å². The number of hydrogen-bond acceptors (Lipinski definition) is 3. The van der Waals surface area contributed by atoms with Crippen molar-refractivity contribution in [1.29, 1.82) is 5.26 Å². The SMILES string of the molecule is N#Cc1cccc(C[NH+]2C[C@@H]3C[C@H](C2)c2c(-c4ccc(OC(F)(F)F)cc4)ccc(=O)n2C3)c1. The second-order valence-corrected chi connectivity index (χ2v) is 9.10. The van der Waals surface area contributed by atoms with Crippen LogP contribution in [0.15, 0.2) is 65.5 Å². The molecular formula is C26H23F3N3O2+. The molecule has 1 N–H and O–H groups in total. The fourth-order valence-electron chi connectivity index (χ4n) is 5.50. The van der Waals surface area contributed by atoms with Crippen LogP contribution < -0.4 is 15.2 Å². The minimum Gasteiger partial charge on any atom is -0.406 e. The van der Waals surface area contributed by atoms with E-state index in [-0.39, 0.29) is 17.2 Å². The lowest BCUT2D eigenvalue weighted by atomic mass is 9.80. The molecule has 0 radical (unpaired) electrons. The zero-order chi connectivity index (χ0) is 23.9. The van der Waals surface area contributed by atoms with Gasteiger partial charge < -0.3 is 14.2 Å². The molecule has 1 saturated heterocycles. The topological polar surface area (TPSA) is 59.5 Å². The molecule has 1 unspecified atom stereocenters. The van der Waals surface area contributed by atoms with E-state index >= 15 is 0 Å². The van der Waals surface area contributed by atoms with E-state index in [1.807, 2.05) is 22.8 Å². The number of quaternary nitrogens is 1. The first kappa shape index (κ1) is 22.2. The molecule has 0 amide bonds. The number of hydrogen-bond donors (Lipinski definition) is 1. The normalized spacial score (nSPS) is 21.4. The van der Waals surface area contributed by atoms with E-state index < -0.39 is 6.36 Å². The zero-order valence-corrected chi connectivity index (χ0v) is 18.3. The lowest BCUT2D eigenvalue weighted by Gasteiger charge is -2.41. The van der Waals surface area contributed by atoms with Gasteiger partial charge in [-0.1, -0.05) is 24.3 Å². The monoisotopic (exact) mass is 466 g/mol. The van der Waals surface area contributed by atoms with Gasteiger partial charge in [0, 0.05) is 41.3 Å². The van der Waals surface area contributed by atoms with Crippen molar-refractivity contribution < 1.29 is 22.8 Å². The summed E-state index contributed by atoms with van der Waals surface area (Å²) in [5.41, 5.74) is 4.29. The summed E-state index contributed by atoms with van der Waals surface area (Å²) in [5, 5.41) is 9.19. The summed E-state index contributed by atoms with van der Waals surface area (Å²) in [7, 11) is 0. The Labute approximate surface area is 194 Å². The van der Waals surface area contributed by atoms with E-state index in [1.54, 1.807) is 24.3 Å². The molecule has 0 aliphatic carbocycles. The van der Waals surface area contributed by atoms with Crippen LogP contribution in [0.1, 0.15) is 29.2 Å². The predicted molar refractivity (Wildman–Crippen MR) is 119 cm³/mol. The Balaban J connectivity index is 1.44. The van der Waals surface area contributed by atoms with E-state index in [0.29, 0.717) is 18.0 Å². The quantitative estimate of drug-likeness (QED) is 0.641. The lowest BCUT2D eigenvalue weighted by Crippen LogP contribution is -3.13. The van der Waals surface area contributed by atoms with Gasteiger partial charge in [-0.15, -0.1) is 13.2 Å². The fraction of sp³-hybridized carbons (Fsp3) is 0.308. The summed E-state index contributed by atoms with van der Waals surface area (Å²) in [6, 6.07) is 19.0. The summed E-state index contributed by atoms with van der Waals surface area (Å²) in [5.74, 6) is 0.263. The number of pyridine rings is 1. The highest BCUT2D eigenvalue weighted by Gasteiger charge is 2.39. The number of likely N-dealkylation sites (tertiary alicyclic amines) is 1. The van der Waals surface area contributed by atoms with Crippen molar-refractivity contribution in [2.24, 2.45) is 5.92 Å². The van der Waals surface area contributed by atoms with Crippen molar-refractivity contribution in [3.8, 4) is 22.9 Å². The zero-order valence-electron chi connectivity index (χ0n) is 18.3. The van der Waals surface area contributed by atoms with Gasteiger partial charge in [0.15, 0.2) is 0 Å². The van der Waals surface area contributed by atoms with Gasteiger partial charge in [0.2, 0.25) is 0 Å². The Morgan fingerprint density at radius 2 is 1.88 bits per heavy atom. The van der Waals surface area contributed by atoms with E-state index in [4.69, 9.17) is 0 Å². The van der Waals surface area contributed by atoms with Gasteiger partial charge in [-0.3, -0.25) is 4.79 Å². The number of nitriles is 1. The lowest BCUT2D eigenvalue weighted by molar-refractivity contribution is -0.924. The molecule has 2 aliphatic rings. The smallest absolute Gasteiger partial charge is 0.406 e.